The molecule has 0 heterocycles. The molecule has 6 aromatic carbocycles. The molecule has 0 atom stereocenters. The van der Waals surface area contributed by atoms with Gasteiger partial charge in [-0.3, -0.25) is 0 Å². The Hall–Kier alpha value is -3.02. The van der Waals surface area contributed by atoms with E-state index in [1.54, 1.807) is 0 Å². The van der Waals surface area contributed by atoms with Gasteiger partial charge in [-0.25, -0.2) is 0 Å². The molecule has 0 fully saturated rings. The SMILES string of the molecule is c1ccc2c[c]([Bi]([c]3ccc4ccccc4c3)[c]3ccc4ccccc4c3)ccc2c1. The first-order chi connectivity index (χ1) is 15.3. The normalized spacial score (nSPS) is 11.5. The fraction of sp³-hybridized carbons (Fsp3) is 0. The third kappa shape index (κ3) is 3.54. The molecule has 0 N–H and O–H groups in total. The van der Waals surface area contributed by atoms with Crippen LogP contribution < -0.4 is 9.81 Å². The zero-order valence-electron chi connectivity index (χ0n) is 17.1. The van der Waals surface area contributed by atoms with Crippen molar-refractivity contribution < 1.29 is 0 Å². The first kappa shape index (κ1) is 18.7. The first-order valence-electron chi connectivity index (χ1n) is 10.6. The average Bonchev–Trinajstić information content (AvgIpc) is 2.84. The minimum atomic E-state index is -2.48. The first-order valence-corrected chi connectivity index (χ1v) is 15.8. The maximum atomic E-state index is 2.44. The van der Waals surface area contributed by atoms with Gasteiger partial charge in [0.25, 0.3) is 0 Å². The molecule has 0 aliphatic heterocycles. The van der Waals surface area contributed by atoms with Gasteiger partial charge >= 0.3 is 191 Å². The van der Waals surface area contributed by atoms with Crippen LogP contribution in [0.25, 0.3) is 32.3 Å². The second-order valence-corrected chi connectivity index (χ2v) is 16.6. The predicted molar refractivity (Wildman–Crippen MR) is 136 cm³/mol. The number of rotatable bonds is 3. The van der Waals surface area contributed by atoms with E-state index in [2.05, 4.69) is 127 Å². The maximum absolute atomic E-state index is 2.48. The summed E-state index contributed by atoms with van der Waals surface area (Å²) in [5.74, 6) is 0. The Kier molecular flexibility index (Phi) is 4.78. The summed E-state index contributed by atoms with van der Waals surface area (Å²) in [4.78, 5) is 0. The third-order valence-corrected chi connectivity index (χ3v) is 15.2. The Bertz CT molecular complexity index is 1360. The summed E-state index contributed by atoms with van der Waals surface area (Å²) in [7, 11) is 0. The zero-order valence-corrected chi connectivity index (χ0v) is 20.5. The van der Waals surface area contributed by atoms with Gasteiger partial charge in [-0.15, -0.1) is 0 Å². The van der Waals surface area contributed by atoms with Gasteiger partial charge < -0.3 is 0 Å². The molecule has 0 aliphatic carbocycles. The van der Waals surface area contributed by atoms with Crippen LogP contribution in [0.5, 0.6) is 0 Å². The molecule has 0 radical (unpaired) electrons. The van der Waals surface area contributed by atoms with Gasteiger partial charge in [-0.1, -0.05) is 0 Å². The summed E-state index contributed by atoms with van der Waals surface area (Å²) in [5, 5.41) is 7.94. The van der Waals surface area contributed by atoms with Gasteiger partial charge in [-0.05, 0) is 0 Å². The van der Waals surface area contributed by atoms with Crippen LogP contribution in [-0.4, -0.2) is 21.8 Å². The fourth-order valence-corrected chi connectivity index (χ4v) is 13.6. The average molecular weight is 590 g/mol. The Morgan fingerprint density at radius 3 is 0.903 bits per heavy atom. The Balaban J connectivity index is 1.59. The van der Waals surface area contributed by atoms with E-state index in [-0.39, 0.29) is 0 Å². The second-order valence-electron chi connectivity index (χ2n) is 7.93. The van der Waals surface area contributed by atoms with Gasteiger partial charge in [0.2, 0.25) is 0 Å². The summed E-state index contributed by atoms with van der Waals surface area (Å²) in [6.45, 7) is 0. The quantitative estimate of drug-likeness (QED) is 0.234. The van der Waals surface area contributed by atoms with Gasteiger partial charge in [0.1, 0.15) is 0 Å². The predicted octanol–water partition coefficient (Wildman–Crippen LogP) is 5.66. The molecule has 6 rings (SSSR count). The molecular weight excluding hydrogens is 569 g/mol. The van der Waals surface area contributed by atoms with Crippen molar-refractivity contribution in [2.24, 2.45) is 0 Å². The Labute approximate surface area is 190 Å². The molecule has 146 valence electrons. The third-order valence-electron chi connectivity index (χ3n) is 5.97. The van der Waals surface area contributed by atoms with Gasteiger partial charge in [0.05, 0.1) is 0 Å². The van der Waals surface area contributed by atoms with E-state index in [1.165, 1.54) is 42.1 Å². The molecule has 0 aliphatic rings. The van der Waals surface area contributed by atoms with E-state index in [0.29, 0.717) is 0 Å². The molecular formula is C30H21Bi. The summed E-state index contributed by atoms with van der Waals surface area (Å²) >= 11 is -2.48. The molecule has 6 aromatic rings. The topological polar surface area (TPSA) is 0 Å². The van der Waals surface area contributed by atoms with Crippen molar-refractivity contribution >= 4 is 63.9 Å². The van der Waals surface area contributed by atoms with Gasteiger partial charge in [0, 0.05) is 0 Å². The van der Waals surface area contributed by atoms with Crippen LogP contribution in [0.1, 0.15) is 0 Å². The van der Waals surface area contributed by atoms with E-state index in [0.717, 1.165) is 0 Å². The van der Waals surface area contributed by atoms with Crippen molar-refractivity contribution in [1.29, 1.82) is 0 Å². The molecule has 0 saturated heterocycles. The van der Waals surface area contributed by atoms with Crippen molar-refractivity contribution in [2.45, 2.75) is 0 Å². The summed E-state index contributed by atoms with van der Waals surface area (Å²) in [5.41, 5.74) is 0. The van der Waals surface area contributed by atoms with Crippen molar-refractivity contribution in [1.82, 2.24) is 0 Å². The second kappa shape index (κ2) is 7.91. The molecule has 31 heavy (non-hydrogen) atoms. The standard InChI is InChI=1S/3C10H7.Bi/c3*1-2-6-10-8-4-3-7-9(10)5-1;/h3*1-3,5-8H;. The van der Waals surface area contributed by atoms with E-state index in [4.69, 9.17) is 0 Å². The van der Waals surface area contributed by atoms with Gasteiger partial charge in [-0.2, -0.15) is 0 Å². The van der Waals surface area contributed by atoms with Crippen LogP contribution in [0.15, 0.2) is 127 Å². The van der Waals surface area contributed by atoms with Gasteiger partial charge in [0.15, 0.2) is 0 Å². The van der Waals surface area contributed by atoms with E-state index in [9.17, 15) is 0 Å². The molecule has 0 amide bonds. The number of benzene rings is 6. The van der Waals surface area contributed by atoms with Crippen LogP contribution in [0.3, 0.4) is 0 Å². The number of hydrogen-bond donors (Lipinski definition) is 0. The van der Waals surface area contributed by atoms with Crippen molar-refractivity contribution in [3.63, 3.8) is 0 Å². The molecule has 0 saturated carbocycles. The van der Waals surface area contributed by atoms with Crippen molar-refractivity contribution in [3.8, 4) is 0 Å². The van der Waals surface area contributed by atoms with Crippen molar-refractivity contribution in [2.75, 3.05) is 0 Å². The van der Waals surface area contributed by atoms with Crippen LogP contribution in [0.2, 0.25) is 0 Å². The summed E-state index contributed by atoms with van der Waals surface area (Å²) in [6.07, 6.45) is 0. The Morgan fingerprint density at radius 2 is 0.581 bits per heavy atom. The molecule has 0 unspecified atom stereocenters. The van der Waals surface area contributed by atoms with E-state index < -0.39 is 21.8 Å². The van der Waals surface area contributed by atoms with Crippen LogP contribution >= 0.6 is 0 Å². The zero-order chi connectivity index (χ0) is 20.6. The molecule has 0 aromatic heterocycles. The monoisotopic (exact) mass is 590 g/mol. The molecule has 1 heteroatoms. The number of hydrogen-bond acceptors (Lipinski definition) is 0. The van der Waals surface area contributed by atoms with Crippen molar-refractivity contribution in [3.05, 3.63) is 127 Å². The fourth-order valence-electron chi connectivity index (χ4n) is 4.39. The van der Waals surface area contributed by atoms with Crippen LogP contribution in [0, 0.1) is 0 Å². The number of fused-ring (bicyclic) bond motifs is 3. The van der Waals surface area contributed by atoms with E-state index in [1.807, 2.05) is 0 Å². The minimum absolute atomic E-state index is 1.31. The molecule has 0 spiro atoms. The van der Waals surface area contributed by atoms with Crippen LogP contribution in [-0.2, 0) is 0 Å². The molecule has 0 nitrogen and oxygen atoms in total. The summed E-state index contributed by atoms with van der Waals surface area (Å²) < 4.78 is 4.58. The van der Waals surface area contributed by atoms with E-state index >= 15 is 0 Å². The molecule has 0 bridgehead atoms. The summed E-state index contributed by atoms with van der Waals surface area (Å²) in [6, 6.07) is 47.5. The van der Waals surface area contributed by atoms with Crippen LogP contribution in [0.4, 0.5) is 0 Å². The Morgan fingerprint density at radius 1 is 0.290 bits per heavy atom.